The molecule has 5 heteroatoms. The molecule has 3 N–H and O–H groups in total. The average molecular weight is 264 g/mol. The minimum Gasteiger partial charge on any atom is -0.397 e. The molecule has 0 saturated carbocycles. The number of amides is 1. The summed E-state index contributed by atoms with van der Waals surface area (Å²) in [6, 6.07) is 9.05. The Morgan fingerprint density at radius 3 is 2.78 bits per heavy atom. The second-order valence-corrected chi connectivity index (χ2v) is 4.45. The van der Waals surface area contributed by atoms with Gasteiger partial charge in [0.2, 0.25) is 0 Å². The van der Waals surface area contributed by atoms with E-state index in [1.807, 2.05) is 18.2 Å². The molecule has 0 bridgehead atoms. The smallest absolute Gasteiger partial charge is 0.268 e. The van der Waals surface area contributed by atoms with Gasteiger partial charge < -0.3 is 15.6 Å². The standard InChI is InChI=1S/C13H14ClN3O/c1-17-8-10(15)6-12(17)13(18)16-7-9-4-2-3-5-11(9)14/h2-6,8H,7,15H2,1H3,(H,16,18). The molecular weight excluding hydrogens is 250 g/mol. The van der Waals surface area contributed by atoms with Crippen LogP contribution in [0, 0.1) is 0 Å². The van der Waals surface area contributed by atoms with Crippen LogP contribution in [0.4, 0.5) is 5.69 Å². The number of halogens is 1. The van der Waals surface area contributed by atoms with Crippen LogP contribution in [0.5, 0.6) is 0 Å². The van der Waals surface area contributed by atoms with E-state index >= 15 is 0 Å². The quantitative estimate of drug-likeness (QED) is 0.892. The first kappa shape index (κ1) is 12.5. The Bertz CT molecular complexity index is 577. The van der Waals surface area contributed by atoms with Crippen LogP contribution in [0.2, 0.25) is 5.02 Å². The van der Waals surface area contributed by atoms with Crippen molar-refractivity contribution in [2.45, 2.75) is 6.54 Å². The summed E-state index contributed by atoms with van der Waals surface area (Å²) in [5, 5.41) is 3.45. The Labute approximate surface area is 110 Å². The molecule has 2 rings (SSSR count). The lowest BCUT2D eigenvalue weighted by molar-refractivity contribution is 0.0943. The highest BCUT2D eigenvalue weighted by Crippen LogP contribution is 2.15. The summed E-state index contributed by atoms with van der Waals surface area (Å²) in [4.78, 5) is 11.9. The highest BCUT2D eigenvalue weighted by Gasteiger charge is 2.10. The van der Waals surface area contributed by atoms with E-state index in [2.05, 4.69) is 5.32 Å². The molecule has 0 aliphatic rings. The number of rotatable bonds is 3. The molecule has 4 nitrogen and oxygen atoms in total. The van der Waals surface area contributed by atoms with E-state index < -0.39 is 0 Å². The van der Waals surface area contributed by atoms with E-state index in [1.54, 1.807) is 29.9 Å². The fourth-order valence-corrected chi connectivity index (χ4v) is 1.93. The van der Waals surface area contributed by atoms with Crippen LogP contribution in [-0.2, 0) is 13.6 Å². The van der Waals surface area contributed by atoms with Crippen molar-refractivity contribution < 1.29 is 4.79 Å². The first-order valence-corrected chi connectivity index (χ1v) is 5.89. The molecule has 1 heterocycles. The Hall–Kier alpha value is -1.94. The average Bonchev–Trinajstić information content (AvgIpc) is 2.67. The molecule has 18 heavy (non-hydrogen) atoms. The van der Waals surface area contributed by atoms with Gasteiger partial charge in [-0.25, -0.2) is 0 Å². The molecule has 0 aliphatic carbocycles. The van der Waals surface area contributed by atoms with Gasteiger partial charge >= 0.3 is 0 Å². The second-order valence-electron chi connectivity index (χ2n) is 4.04. The third kappa shape index (κ3) is 2.65. The van der Waals surface area contributed by atoms with Crippen LogP contribution < -0.4 is 11.1 Å². The molecule has 1 aromatic carbocycles. The van der Waals surface area contributed by atoms with Gasteiger partial charge in [0.25, 0.3) is 5.91 Å². The minimum absolute atomic E-state index is 0.172. The van der Waals surface area contributed by atoms with Gasteiger partial charge in [0, 0.05) is 24.8 Å². The number of benzene rings is 1. The number of nitrogens with one attached hydrogen (secondary N) is 1. The molecule has 0 aliphatic heterocycles. The monoisotopic (exact) mass is 263 g/mol. The zero-order chi connectivity index (χ0) is 13.1. The number of nitrogens with zero attached hydrogens (tertiary/aromatic N) is 1. The highest BCUT2D eigenvalue weighted by molar-refractivity contribution is 6.31. The van der Waals surface area contributed by atoms with Gasteiger partial charge in [0.15, 0.2) is 0 Å². The number of nitrogens with two attached hydrogens (primary N) is 1. The molecule has 0 saturated heterocycles. The molecule has 0 atom stereocenters. The van der Waals surface area contributed by atoms with Gasteiger partial charge in [-0.05, 0) is 17.7 Å². The van der Waals surface area contributed by atoms with Crippen molar-refractivity contribution in [3.8, 4) is 0 Å². The van der Waals surface area contributed by atoms with E-state index in [0.717, 1.165) is 5.56 Å². The molecule has 0 spiro atoms. The molecular formula is C13H14ClN3O. The van der Waals surface area contributed by atoms with Gasteiger partial charge in [-0.15, -0.1) is 0 Å². The van der Waals surface area contributed by atoms with Crippen molar-refractivity contribution in [1.29, 1.82) is 0 Å². The molecule has 1 aromatic heterocycles. The summed E-state index contributed by atoms with van der Waals surface area (Å²) in [6.07, 6.45) is 1.70. The molecule has 0 radical (unpaired) electrons. The zero-order valence-electron chi connectivity index (χ0n) is 9.98. The summed E-state index contributed by atoms with van der Waals surface area (Å²) >= 11 is 6.01. The maximum Gasteiger partial charge on any atom is 0.268 e. The van der Waals surface area contributed by atoms with Crippen LogP contribution in [0.25, 0.3) is 0 Å². The molecule has 0 fully saturated rings. The van der Waals surface area contributed by atoms with E-state index in [9.17, 15) is 4.79 Å². The Balaban J connectivity index is 2.05. The van der Waals surface area contributed by atoms with Crippen molar-refractivity contribution in [2.24, 2.45) is 7.05 Å². The minimum atomic E-state index is -0.172. The molecule has 94 valence electrons. The summed E-state index contributed by atoms with van der Waals surface area (Å²) in [5.74, 6) is -0.172. The van der Waals surface area contributed by atoms with E-state index in [1.165, 1.54) is 0 Å². The second kappa shape index (κ2) is 5.14. The molecule has 1 amide bonds. The van der Waals surface area contributed by atoms with Crippen molar-refractivity contribution in [3.05, 3.63) is 52.8 Å². The number of aryl methyl sites for hydroxylation is 1. The number of carbonyl (C=O) groups is 1. The van der Waals surface area contributed by atoms with E-state index in [-0.39, 0.29) is 5.91 Å². The SMILES string of the molecule is Cn1cc(N)cc1C(=O)NCc1ccccc1Cl. The summed E-state index contributed by atoms with van der Waals surface area (Å²) in [5.41, 5.74) is 7.61. The lowest BCUT2D eigenvalue weighted by Gasteiger charge is -2.07. The first-order valence-electron chi connectivity index (χ1n) is 5.51. The van der Waals surface area contributed by atoms with Crippen LogP contribution >= 0.6 is 11.6 Å². The maximum atomic E-state index is 11.9. The normalized spacial score (nSPS) is 10.3. The van der Waals surface area contributed by atoms with Gasteiger partial charge in [0.1, 0.15) is 5.69 Å². The summed E-state index contributed by atoms with van der Waals surface area (Å²) < 4.78 is 1.69. The summed E-state index contributed by atoms with van der Waals surface area (Å²) in [6.45, 7) is 0.392. The fraction of sp³-hybridized carbons (Fsp3) is 0.154. The van der Waals surface area contributed by atoms with Gasteiger partial charge in [0.05, 0.1) is 5.69 Å². The predicted molar refractivity (Wildman–Crippen MR) is 72.4 cm³/mol. The van der Waals surface area contributed by atoms with Crippen LogP contribution in [-0.4, -0.2) is 10.5 Å². The van der Waals surface area contributed by atoms with Crippen molar-refractivity contribution in [1.82, 2.24) is 9.88 Å². The fourth-order valence-electron chi connectivity index (χ4n) is 1.72. The number of carbonyl (C=O) groups excluding carboxylic acids is 1. The third-order valence-corrected chi connectivity index (χ3v) is 3.02. The Morgan fingerprint density at radius 1 is 1.44 bits per heavy atom. The number of aromatic nitrogens is 1. The topological polar surface area (TPSA) is 60.0 Å². The first-order chi connectivity index (χ1) is 8.58. The predicted octanol–water partition coefficient (Wildman–Crippen LogP) is 2.19. The maximum absolute atomic E-state index is 11.9. The van der Waals surface area contributed by atoms with Gasteiger partial charge in [-0.2, -0.15) is 0 Å². The van der Waals surface area contributed by atoms with Gasteiger partial charge in [-0.3, -0.25) is 4.79 Å². The number of hydrogen-bond donors (Lipinski definition) is 2. The van der Waals surface area contributed by atoms with Crippen LogP contribution in [0.1, 0.15) is 16.1 Å². The number of nitrogen functional groups attached to an aromatic ring is 1. The van der Waals surface area contributed by atoms with Crippen LogP contribution in [0.15, 0.2) is 36.5 Å². The summed E-state index contributed by atoms with van der Waals surface area (Å²) in [7, 11) is 1.78. The zero-order valence-corrected chi connectivity index (χ0v) is 10.7. The van der Waals surface area contributed by atoms with Crippen molar-refractivity contribution >= 4 is 23.2 Å². The molecule has 0 unspecified atom stereocenters. The van der Waals surface area contributed by atoms with Crippen molar-refractivity contribution in [2.75, 3.05) is 5.73 Å². The van der Waals surface area contributed by atoms with E-state index in [4.69, 9.17) is 17.3 Å². The lowest BCUT2D eigenvalue weighted by Crippen LogP contribution is -2.24. The van der Waals surface area contributed by atoms with E-state index in [0.29, 0.717) is 22.9 Å². The largest absolute Gasteiger partial charge is 0.397 e. The van der Waals surface area contributed by atoms with Crippen LogP contribution in [0.3, 0.4) is 0 Å². The lowest BCUT2D eigenvalue weighted by atomic mass is 10.2. The number of anilines is 1. The Kier molecular flexibility index (Phi) is 3.58. The molecule has 2 aromatic rings. The Morgan fingerprint density at radius 2 is 2.17 bits per heavy atom. The third-order valence-electron chi connectivity index (χ3n) is 2.66. The number of hydrogen-bond acceptors (Lipinski definition) is 2. The van der Waals surface area contributed by atoms with Crippen molar-refractivity contribution in [3.63, 3.8) is 0 Å². The van der Waals surface area contributed by atoms with Gasteiger partial charge in [-0.1, -0.05) is 29.8 Å². The highest BCUT2D eigenvalue weighted by atomic mass is 35.5.